The molecule has 0 aliphatic heterocycles. The first-order valence-electron chi connectivity index (χ1n) is 5.59. The van der Waals surface area contributed by atoms with Crippen LogP contribution in [-0.2, 0) is 9.53 Å². The van der Waals surface area contributed by atoms with Crippen molar-refractivity contribution in [1.82, 2.24) is 0 Å². The van der Waals surface area contributed by atoms with Crippen molar-refractivity contribution in [2.24, 2.45) is 5.92 Å². The number of rotatable bonds is 6. The zero-order valence-electron chi connectivity index (χ0n) is 10.3. The Labute approximate surface area is 110 Å². The maximum atomic E-state index is 11.4. The Hall–Kier alpha value is -1.56. The maximum absolute atomic E-state index is 11.4. The molecule has 0 aliphatic carbocycles. The van der Waals surface area contributed by atoms with E-state index in [-0.39, 0.29) is 17.6 Å². The third-order valence-corrected chi connectivity index (χ3v) is 3.56. The van der Waals surface area contributed by atoms with Crippen LogP contribution < -0.4 is 0 Å². The van der Waals surface area contributed by atoms with Gasteiger partial charge in [-0.25, -0.2) is 0 Å². The molecule has 1 aromatic rings. The van der Waals surface area contributed by atoms with Gasteiger partial charge >= 0.3 is 5.97 Å². The van der Waals surface area contributed by atoms with Crippen molar-refractivity contribution in [2.75, 3.05) is 12.4 Å². The molecule has 0 fully saturated rings. The summed E-state index contributed by atoms with van der Waals surface area (Å²) < 4.78 is 4.88. The van der Waals surface area contributed by atoms with Crippen LogP contribution in [0.5, 0.6) is 0 Å². The lowest BCUT2D eigenvalue weighted by Gasteiger charge is -2.09. The van der Waals surface area contributed by atoms with Gasteiger partial charge in [0, 0.05) is 11.8 Å². The van der Waals surface area contributed by atoms with Crippen LogP contribution in [0.4, 0.5) is 5.69 Å². The van der Waals surface area contributed by atoms with E-state index in [9.17, 15) is 14.9 Å². The third-order valence-electron chi connectivity index (χ3n) is 2.24. The van der Waals surface area contributed by atoms with Crippen LogP contribution in [0, 0.1) is 16.0 Å². The predicted molar refractivity (Wildman–Crippen MR) is 69.6 cm³/mol. The number of para-hydroxylation sites is 1. The van der Waals surface area contributed by atoms with Gasteiger partial charge in [-0.1, -0.05) is 19.1 Å². The quantitative estimate of drug-likeness (QED) is 0.344. The molecule has 0 saturated carbocycles. The predicted octanol–water partition coefficient (Wildman–Crippen LogP) is 2.89. The molecule has 1 unspecified atom stereocenters. The normalized spacial score (nSPS) is 11.9. The number of carbonyl (C=O) groups is 1. The molecule has 1 atom stereocenters. The zero-order chi connectivity index (χ0) is 13.5. The molecule has 0 amide bonds. The number of nitro groups is 1. The number of thioether (sulfide) groups is 1. The summed E-state index contributed by atoms with van der Waals surface area (Å²) in [7, 11) is 0. The highest BCUT2D eigenvalue weighted by Gasteiger charge is 2.18. The molecule has 1 rings (SSSR count). The number of esters is 1. The van der Waals surface area contributed by atoms with Crippen LogP contribution in [0.2, 0.25) is 0 Å². The van der Waals surface area contributed by atoms with Crippen LogP contribution >= 0.6 is 11.8 Å². The topological polar surface area (TPSA) is 69.4 Å². The molecule has 0 aromatic heterocycles. The van der Waals surface area contributed by atoms with Crippen molar-refractivity contribution in [3.05, 3.63) is 34.4 Å². The van der Waals surface area contributed by atoms with Gasteiger partial charge in [0.1, 0.15) is 0 Å². The van der Waals surface area contributed by atoms with Gasteiger partial charge in [-0.15, -0.1) is 11.8 Å². The lowest BCUT2D eigenvalue weighted by Crippen LogP contribution is -2.16. The highest BCUT2D eigenvalue weighted by atomic mass is 32.2. The van der Waals surface area contributed by atoms with E-state index in [2.05, 4.69) is 0 Å². The minimum absolute atomic E-state index is 0.0681. The summed E-state index contributed by atoms with van der Waals surface area (Å²) in [6.07, 6.45) is 0. The fourth-order valence-corrected chi connectivity index (χ4v) is 2.33. The summed E-state index contributed by atoms with van der Waals surface area (Å²) in [5, 5.41) is 10.8. The molecule has 0 N–H and O–H groups in total. The van der Waals surface area contributed by atoms with E-state index >= 15 is 0 Å². The van der Waals surface area contributed by atoms with Crippen molar-refractivity contribution in [1.29, 1.82) is 0 Å². The molecule has 1 aromatic carbocycles. The molecule has 98 valence electrons. The van der Waals surface area contributed by atoms with E-state index in [0.717, 1.165) is 0 Å². The summed E-state index contributed by atoms with van der Waals surface area (Å²) in [6.45, 7) is 3.85. The third kappa shape index (κ3) is 4.03. The Kier molecular flexibility index (Phi) is 5.64. The Balaban J connectivity index is 2.63. The number of ether oxygens (including phenoxy) is 1. The molecule has 5 nitrogen and oxygen atoms in total. The highest BCUT2D eigenvalue weighted by molar-refractivity contribution is 7.99. The van der Waals surface area contributed by atoms with Crippen molar-refractivity contribution < 1.29 is 14.5 Å². The SMILES string of the molecule is CCOC(=O)C(C)CSc1ccccc1[N+](=O)[O-]. The first kappa shape index (κ1) is 14.5. The smallest absolute Gasteiger partial charge is 0.309 e. The molecular weight excluding hydrogens is 254 g/mol. The largest absolute Gasteiger partial charge is 0.466 e. The van der Waals surface area contributed by atoms with Crippen LogP contribution in [0.15, 0.2) is 29.2 Å². The van der Waals surface area contributed by atoms with Gasteiger partial charge in [0.15, 0.2) is 0 Å². The second kappa shape index (κ2) is 7.00. The second-order valence-electron chi connectivity index (χ2n) is 3.69. The number of carbonyl (C=O) groups excluding carboxylic acids is 1. The Bertz CT molecular complexity index is 436. The van der Waals surface area contributed by atoms with Crippen LogP contribution in [0.1, 0.15) is 13.8 Å². The highest BCUT2D eigenvalue weighted by Crippen LogP contribution is 2.30. The Morgan fingerprint density at radius 3 is 2.78 bits per heavy atom. The molecule has 0 radical (unpaired) electrons. The van der Waals surface area contributed by atoms with E-state index in [1.165, 1.54) is 17.8 Å². The second-order valence-corrected chi connectivity index (χ2v) is 4.75. The molecule has 0 aliphatic rings. The minimum atomic E-state index is -0.419. The van der Waals surface area contributed by atoms with Crippen LogP contribution in [-0.4, -0.2) is 23.3 Å². The van der Waals surface area contributed by atoms with Crippen LogP contribution in [0.25, 0.3) is 0 Å². The number of benzene rings is 1. The number of nitrogens with zero attached hydrogens (tertiary/aromatic N) is 1. The Morgan fingerprint density at radius 2 is 2.17 bits per heavy atom. The lowest BCUT2D eigenvalue weighted by molar-refractivity contribution is -0.387. The average Bonchev–Trinajstić information content (AvgIpc) is 2.36. The molecule has 0 heterocycles. The van der Waals surface area contributed by atoms with Crippen molar-refractivity contribution in [3.8, 4) is 0 Å². The minimum Gasteiger partial charge on any atom is -0.466 e. The molecule has 18 heavy (non-hydrogen) atoms. The number of hydrogen-bond donors (Lipinski definition) is 0. The van der Waals surface area contributed by atoms with E-state index < -0.39 is 4.92 Å². The molecule has 0 spiro atoms. The monoisotopic (exact) mass is 269 g/mol. The summed E-state index contributed by atoms with van der Waals surface area (Å²) in [4.78, 5) is 22.4. The summed E-state index contributed by atoms with van der Waals surface area (Å²) in [5.74, 6) is -0.0951. The average molecular weight is 269 g/mol. The maximum Gasteiger partial charge on any atom is 0.309 e. The first-order valence-corrected chi connectivity index (χ1v) is 6.57. The van der Waals surface area contributed by atoms with Gasteiger partial charge in [0.25, 0.3) is 5.69 Å². The van der Waals surface area contributed by atoms with Gasteiger partial charge in [0.2, 0.25) is 0 Å². The molecular formula is C12H15NO4S. The number of nitro benzene ring substituents is 1. The summed E-state index contributed by atoms with van der Waals surface area (Å²) in [6, 6.07) is 6.50. The van der Waals surface area contributed by atoms with Crippen LogP contribution in [0.3, 0.4) is 0 Å². The van der Waals surface area contributed by atoms with Gasteiger partial charge in [-0.3, -0.25) is 14.9 Å². The fraction of sp³-hybridized carbons (Fsp3) is 0.417. The van der Waals surface area contributed by atoms with Gasteiger partial charge in [-0.05, 0) is 13.0 Å². The fourth-order valence-electron chi connectivity index (χ4n) is 1.30. The van der Waals surface area contributed by atoms with E-state index in [4.69, 9.17) is 4.74 Å². The van der Waals surface area contributed by atoms with Crippen molar-refractivity contribution >= 4 is 23.4 Å². The van der Waals surface area contributed by atoms with Crippen molar-refractivity contribution in [3.63, 3.8) is 0 Å². The van der Waals surface area contributed by atoms with E-state index in [0.29, 0.717) is 17.3 Å². The lowest BCUT2D eigenvalue weighted by atomic mass is 10.2. The molecule has 0 saturated heterocycles. The van der Waals surface area contributed by atoms with Gasteiger partial charge < -0.3 is 4.74 Å². The zero-order valence-corrected chi connectivity index (χ0v) is 11.1. The standard InChI is InChI=1S/C12H15NO4S/c1-3-17-12(14)9(2)8-18-11-7-5-4-6-10(11)13(15)16/h4-7,9H,3,8H2,1-2H3. The van der Waals surface area contributed by atoms with E-state index in [1.54, 1.807) is 32.0 Å². The number of hydrogen-bond acceptors (Lipinski definition) is 5. The first-order chi connectivity index (χ1) is 8.56. The summed E-state index contributed by atoms with van der Waals surface area (Å²) >= 11 is 1.30. The van der Waals surface area contributed by atoms with Gasteiger partial charge in [0.05, 0.1) is 22.3 Å². The molecule has 6 heteroatoms. The molecule has 0 bridgehead atoms. The summed E-state index contributed by atoms with van der Waals surface area (Å²) in [5.41, 5.74) is 0.0681. The van der Waals surface area contributed by atoms with Gasteiger partial charge in [-0.2, -0.15) is 0 Å². The van der Waals surface area contributed by atoms with E-state index in [1.807, 2.05) is 0 Å². The Morgan fingerprint density at radius 1 is 1.50 bits per heavy atom. The van der Waals surface area contributed by atoms with Crippen molar-refractivity contribution in [2.45, 2.75) is 18.7 Å².